The Morgan fingerprint density at radius 1 is 1.15 bits per heavy atom. The summed E-state index contributed by atoms with van der Waals surface area (Å²) in [6.45, 7) is 0.0609. The first-order chi connectivity index (χ1) is 12.4. The van der Waals surface area contributed by atoms with Crippen molar-refractivity contribution in [3.05, 3.63) is 58.9 Å². The molecule has 138 valence electrons. The lowest BCUT2D eigenvalue weighted by molar-refractivity contribution is -0.137. The van der Waals surface area contributed by atoms with E-state index in [4.69, 9.17) is 15.9 Å². The zero-order valence-corrected chi connectivity index (χ0v) is 14.1. The number of aliphatic hydroxyl groups excluding tert-OH is 1. The molecule has 1 aromatic heterocycles. The standard InChI is InChI=1S/C18H21N3O5/c19-18(17(26)11-4-2-1-3-5-11)21-10-14-13(8-16(24)25)12(9-20-14)6-7-15(22)23/h1-5,9,17,20,26H,6-8,10H2,(H2,19,21)(H,22,23)(H,24,25)/t17-/m1/s1. The van der Waals surface area contributed by atoms with Crippen molar-refractivity contribution in [3.8, 4) is 0 Å². The monoisotopic (exact) mass is 359 g/mol. The maximum absolute atomic E-state index is 11.1. The van der Waals surface area contributed by atoms with Crippen molar-refractivity contribution in [1.82, 2.24) is 4.98 Å². The number of carbonyl (C=O) groups is 2. The van der Waals surface area contributed by atoms with Crippen molar-refractivity contribution in [3.63, 3.8) is 0 Å². The number of nitrogens with one attached hydrogen (secondary N) is 1. The van der Waals surface area contributed by atoms with Gasteiger partial charge in [0.1, 0.15) is 11.9 Å². The molecule has 0 spiro atoms. The highest BCUT2D eigenvalue weighted by Gasteiger charge is 2.16. The third-order valence-corrected chi connectivity index (χ3v) is 3.92. The van der Waals surface area contributed by atoms with E-state index in [0.29, 0.717) is 22.4 Å². The van der Waals surface area contributed by atoms with Crippen molar-refractivity contribution >= 4 is 17.8 Å². The van der Waals surface area contributed by atoms with Gasteiger partial charge in [-0.05, 0) is 23.1 Å². The highest BCUT2D eigenvalue weighted by atomic mass is 16.4. The van der Waals surface area contributed by atoms with Crippen LogP contribution < -0.4 is 5.73 Å². The van der Waals surface area contributed by atoms with Crippen LogP contribution in [-0.2, 0) is 29.0 Å². The van der Waals surface area contributed by atoms with Gasteiger partial charge in [0, 0.05) is 18.3 Å². The van der Waals surface area contributed by atoms with Crippen molar-refractivity contribution in [2.75, 3.05) is 0 Å². The molecule has 0 fully saturated rings. The van der Waals surface area contributed by atoms with Crippen molar-refractivity contribution in [1.29, 1.82) is 0 Å². The molecular formula is C18H21N3O5. The van der Waals surface area contributed by atoms with Crippen LogP contribution in [0.3, 0.4) is 0 Å². The van der Waals surface area contributed by atoms with E-state index in [1.807, 2.05) is 6.07 Å². The fraction of sp³-hybridized carbons (Fsp3) is 0.278. The third-order valence-electron chi connectivity index (χ3n) is 3.92. The summed E-state index contributed by atoms with van der Waals surface area (Å²) < 4.78 is 0. The second-order valence-corrected chi connectivity index (χ2v) is 5.79. The molecule has 1 atom stereocenters. The average Bonchev–Trinajstić information content (AvgIpc) is 2.99. The number of aromatic amines is 1. The van der Waals surface area contributed by atoms with Gasteiger partial charge >= 0.3 is 11.9 Å². The molecule has 0 aliphatic carbocycles. The first-order valence-electron chi connectivity index (χ1n) is 8.03. The highest BCUT2D eigenvalue weighted by Crippen LogP contribution is 2.19. The maximum atomic E-state index is 11.1. The minimum Gasteiger partial charge on any atom is -0.481 e. The number of aromatic nitrogens is 1. The van der Waals surface area contributed by atoms with Crippen LogP contribution in [0.2, 0.25) is 0 Å². The lowest BCUT2D eigenvalue weighted by Crippen LogP contribution is -2.22. The summed E-state index contributed by atoms with van der Waals surface area (Å²) in [5.74, 6) is -1.97. The van der Waals surface area contributed by atoms with Gasteiger partial charge in [-0.1, -0.05) is 30.3 Å². The number of aliphatic imine (C=N–C) groups is 1. The van der Waals surface area contributed by atoms with Crippen molar-refractivity contribution in [2.45, 2.75) is 31.9 Å². The van der Waals surface area contributed by atoms with Gasteiger partial charge < -0.3 is 26.0 Å². The number of aryl methyl sites for hydroxylation is 1. The molecule has 0 unspecified atom stereocenters. The van der Waals surface area contributed by atoms with E-state index in [1.165, 1.54) is 0 Å². The molecule has 6 N–H and O–H groups in total. The number of rotatable bonds is 9. The van der Waals surface area contributed by atoms with E-state index in [2.05, 4.69) is 9.98 Å². The Morgan fingerprint density at radius 2 is 1.85 bits per heavy atom. The Morgan fingerprint density at radius 3 is 2.46 bits per heavy atom. The van der Waals surface area contributed by atoms with Crippen LogP contribution >= 0.6 is 0 Å². The van der Waals surface area contributed by atoms with Crippen LogP contribution in [-0.4, -0.2) is 38.1 Å². The summed E-state index contributed by atoms with van der Waals surface area (Å²) in [6, 6.07) is 8.81. The zero-order chi connectivity index (χ0) is 19.1. The molecule has 2 aromatic rings. The van der Waals surface area contributed by atoms with Crippen LogP contribution in [0.1, 0.15) is 34.9 Å². The molecular weight excluding hydrogens is 338 g/mol. The molecule has 0 aliphatic heterocycles. The van der Waals surface area contributed by atoms with Crippen LogP contribution in [0.5, 0.6) is 0 Å². The molecule has 8 nitrogen and oxygen atoms in total. The maximum Gasteiger partial charge on any atom is 0.307 e. The molecule has 0 amide bonds. The van der Waals surface area contributed by atoms with Gasteiger partial charge in [0.25, 0.3) is 0 Å². The summed E-state index contributed by atoms with van der Waals surface area (Å²) in [4.78, 5) is 28.9. The van der Waals surface area contributed by atoms with Gasteiger partial charge in [-0.3, -0.25) is 14.6 Å². The Balaban J connectivity index is 2.17. The molecule has 1 aromatic carbocycles. The minimum atomic E-state index is -1.06. The van der Waals surface area contributed by atoms with Gasteiger partial charge in [-0.2, -0.15) is 0 Å². The van der Waals surface area contributed by atoms with E-state index >= 15 is 0 Å². The van der Waals surface area contributed by atoms with Gasteiger partial charge in [0.15, 0.2) is 0 Å². The van der Waals surface area contributed by atoms with Crippen molar-refractivity contribution < 1.29 is 24.9 Å². The van der Waals surface area contributed by atoms with Crippen molar-refractivity contribution in [2.24, 2.45) is 10.7 Å². The first-order valence-corrected chi connectivity index (χ1v) is 8.03. The second-order valence-electron chi connectivity index (χ2n) is 5.79. The lowest BCUT2D eigenvalue weighted by Gasteiger charge is -2.10. The quantitative estimate of drug-likeness (QED) is 0.336. The number of aliphatic carboxylic acids is 2. The number of hydrogen-bond donors (Lipinski definition) is 5. The van der Waals surface area contributed by atoms with E-state index in [9.17, 15) is 14.7 Å². The molecule has 26 heavy (non-hydrogen) atoms. The summed E-state index contributed by atoms with van der Waals surface area (Å²) in [5, 5.41) is 28.1. The Labute approximate surface area is 150 Å². The molecule has 0 aliphatic rings. The number of hydrogen-bond acceptors (Lipinski definition) is 4. The molecule has 0 saturated heterocycles. The number of aliphatic hydroxyl groups is 1. The molecule has 2 rings (SSSR count). The van der Waals surface area contributed by atoms with E-state index < -0.39 is 18.0 Å². The van der Waals surface area contributed by atoms with Crippen LogP contribution in [0.25, 0.3) is 0 Å². The summed E-state index contributed by atoms with van der Waals surface area (Å²) >= 11 is 0. The van der Waals surface area contributed by atoms with Crippen LogP contribution in [0.15, 0.2) is 41.5 Å². The van der Waals surface area contributed by atoms with Crippen LogP contribution in [0.4, 0.5) is 0 Å². The number of amidine groups is 1. The molecule has 8 heteroatoms. The fourth-order valence-electron chi connectivity index (χ4n) is 2.58. The smallest absolute Gasteiger partial charge is 0.307 e. The highest BCUT2D eigenvalue weighted by molar-refractivity contribution is 5.85. The second kappa shape index (κ2) is 8.82. The molecule has 0 saturated carbocycles. The molecule has 0 radical (unpaired) electrons. The SMILES string of the molecule is NC(=NCc1[nH]cc(CCC(=O)O)c1CC(=O)O)[C@H](O)c1ccccc1. The summed E-state index contributed by atoms with van der Waals surface area (Å²) in [6.07, 6.45) is 0.420. The van der Waals surface area contributed by atoms with Gasteiger partial charge in [-0.25, -0.2) is 0 Å². The predicted octanol–water partition coefficient (Wildman–Crippen LogP) is 1.25. The normalized spacial score (nSPS) is 12.7. The number of carboxylic acid groups (broad SMARTS) is 2. The number of H-pyrrole nitrogens is 1. The third kappa shape index (κ3) is 5.18. The molecule has 0 bridgehead atoms. The van der Waals surface area contributed by atoms with Gasteiger partial charge in [0.05, 0.1) is 13.0 Å². The Kier molecular flexibility index (Phi) is 6.51. The first kappa shape index (κ1) is 19.2. The van der Waals surface area contributed by atoms with E-state index in [-0.39, 0.29) is 31.6 Å². The number of carboxylic acids is 2. The van der Waals surface area contributed by atoms with Gasteiger partial charge in [0.2, 0.25) is 0 Å². The van der Waals surface area contributed by atoms with E-state index in [1.54, 1.807) is 30.5 Å². The zero-order valence-electron chi connectivity index (χ0n) is 14.1. The number of nitrogens with zero attached hydrogens (tertiary/aromatic N) is 1. The summed E-state index contributed by atoms with van der Waals surface area (Å²) in [5.41, 5.74) is 8.12. The Bertz CT molecular complexity index is 798. The number of nitrogens with two attached hydrogens (primary N) is 1. The Hall–Kier alpha value is -3.13. The summed E-state index contributed by atoms with van der Waals surface area (Å²) in [7, 11) is 0. The minimum absolute atomic E-state index is 0.0131. The fourth-order valence-corrected chi connectivity index (χ4v) is 2.58. The topological polar surface area (TPSA) is 149 Å². The lowest BCUT2D eigenvalue weighted by atomic mass is 10.0. The average molecular weight is 359 g/mol. The largest absolute Gasteiger partial charge is 0.481 e. The van der Waals surface area contributed by atoms with E-state index in [0.717, 1.165) is 0 Å². The molecule has 1 heterocycles. The predicted molar refractivity (Wildman–Crippen MR) is 94.8 cm³/mol. The van der Waals surface area contributed by atoms with Gasteiger partial charge in [-0.15, -0.1) is 0 Å². The number of benzene rings is 1. The van der Waals surface area contributed by atoms with Crippen LogP contribution in [0, 0.1) is 0 Å².